The number of aromatic nitrogens is 6. The van der Waals surface area contributed by atoms with Crippen molar-refractivity contribution in [3.63, 3.8) is 0 Å². The number of pyridine rings is 1. The van der Waals surface area contributed by atoms with Crippen LogP contribution in [-0.4, -0.2) is 29.1 Å². The lowest BCUT2D eigenvalue weighted by molar-refractivity contribution is 0.953. The summed E-state index contributed by atoms with van der Waals surface area (Å²) in [4.78, 5) is 20.9. The summed E-state index contributed by atoms with van der Waals surface area (Å²) in [6.07, 6.45) is 1.90. The molecule has 4 aromatic heterocycles. The quantitative estimate of drug-likeness (QED) is 0.180. The fraction of sp³-hybridized carbons (Fsp3) is 0. The molecule has 0 aliphatic heterocycles. The van der Waals surface area contributed by atoms with Crippen LogP contribution in [0.1, 0.15) is 0 Å². The van der Waals surface area contributed by atoms with Gasteiger partial charge >= 0.3 is 0 Å². The van der Waals surface area contributed by atoms with Crippen LogP contribution in [0, 0.1) is 0 Å². The lowest BCUT2D eigenvalue weighted by atomic mass is 10.0. The molecule has 7 aromatic carbocycles. The molecular formula is C48H30N6. The van der Waals surface area contributed by atoms with Gasteiger partial charge in [-0.15, -0.1) is 0 Å². The van der Waals surface area contributed by atoms with E-state index in [9.17, 15) is 0 Å². The highest BCUT2D eigenvalue weighted by Crippen LogP contribution is 2.46. The summed E-state index contributed by atoms with van der Waals surface area (Å²) in [5.74, 6) is 1.75. The smallest absolute Gasteiger partial charge is 0.238 e. The summed E-state index contributed by atoms with van der Waals surface area (Å²) in [5.41, 5.74) is 10.3. The van der Waals surface area contributed by atoms with E-state index in [4.69, 9.17) is 19.9 Å². The number of hydrogen-bond donors (Lipinski definition) is 0. The Morgan fingerprint density at radius 2 is 0.907 bits per heavy atom. The van der Waals surface area contributed by atoms with Gasteiger partial charge in [-0.2, -0.15) is 9.97 Å². The molecule has 0 fully saturated rings. The van der Waals surface area contributed by atoms with E-state index in [1.54, 1.807) is 0 Å². The van der Waals surface area contributed by atoms with E-state index in [0.717, 1.165) is 82.5 Å². The standard InChI is InChI=1S/C48H30N6/c1-4-16-31(17-5-1)33-20-14-21-34(30-33)47-50-46(32-18-6-2-7-19-32)51-48(52-47)54-40-28-13-10-24-36(40)41-38-26-15-29-49-43(38)42-37-25-11-12-27-39(37)53(45(42)44(41)54)35-22-8-3-9-23-35/h1-30H. The summed E-state index contributed by atoms with van der Waals surface area (Å²) in [6.45, 7) is 0. The van der Waals surface area contributed by atoms with Crippen molar-refractivity contribution < 1.29 is 0 Å². The van der Waals surface area contributed by atoms with Crippen LogP contribution in [0.3, 0.4) is 0 Å². The first-order valence-corrected chi connectivity index (χ1v) is 18.1. The molecule has 0 unspecified atom stereocenters. The van der Waals surface area contributed by atoms with E-state index in [2.05, 4.69) is 155 Å². The van der Waals surface area contributed by atoms with E-state index in [1.807, 2.05) is 36.5 Å². The molecule has 0 saturated heterocycles. The van der Waals surface area contributed by atoms with Gasteiger partial charge in [0.05, 0.1) is 27.6 Å². The monoisotopic (exact) mass is 690 g/mol. The van der Waals surface area contributed by atoms with E-state index >= 15 is 0 Å². The minimum absolute atomic E-state index is 0.546. The summed E-state index contributed by atoms with van der Waals surface area (Å²) in [6, 6.07) is 61.0. The Labute approximate surface area is 310 Å². The van der Waals surface area contributed by atoms with Crippen LogP contribution >= 0.6 is 0 Å². The third-order valence-corrected chi connectivity index (χ3v) is 10.4. The molecule has 0 saturated carbocycles. The van der Waals surface area contributed by atoms with Gasteiger partial charge in [0, 0.05) is 49.9 Å². The minimum Gasteiger partial charge on any atom is -0.307 e. The zero-order valence-electron chi connectivity index (χ0n) is 29.0. The van der Waals surface area contributed by atoms with Crippen molar-refractivity contribution in [2.45, 2.75) is 0 Å². The molecule has 0 spiro atoms. The first-order valence-electron chi connectivity index (χ1n) is 18.1. The highest BCUT2D eigenvalue weighted by molar-refractivity contribution is 6.35. The van der Waals surface area contributed by atoms with Crippen molar-refractivity contribution in [2.75, 3.05) is 0 Å². The molecule has 11 rings (SSSR count). The van der Waals surface area contributed by atoms with Crippen LogP contribution in [0.2, 0.25) is 0 Å². The lowest BCUT2D eigenvalue weighted by Gasteiger charge is -2.14. The average Bonchev–Trinajstić information content (AvgIpc) is 3.79. The van der Waals surface area contributed by atoms with Gasteiger partial charge in [0.15, 0.2) is 11.6 Å². The Morgan fingerprint density at radius 1 is 0.370 bits per heavy atom. The van der Waals surface area contributed by atoms with Gasteiger partial charge in [-0.05, 0) is 47.5 Å². The van der Waals surface area contributed by atoms with Crippen LogP contribution in [0.15, 0.2) is 182 Å². The van der Waals surface area contributed by atoms with Gasteiger partial charge in [0.2, 0.25) is 5.95 Å². The van der Waals surface area contributed by atoms with Gasteiger partial charge in [-0.1, -0.05) is 140 Å². The molecule has 0 bridgehead atoms. The van der Waals surface area contributed by atoms with E-state index in [0.29, 0.717) is 17.6 Å². The average molecular weight is 691 g/mol. The van der Waals surface area contributed by atoms with Crippen LogP contribution in [0.25, 0.3) is 100 Å². The molecule has 0 aliphatic carbocycles. The van der Waals surface area contributed by atoms with Gasteiger partial charge in [-0.3, -0.25) is 9.55 Å². The van der Waals surface area contributed by atoms with Gasteiger partial charge in [0.1, 0.15) is 0 Å². The Kier molecular flexibility index (Phi) is 6.75. The van der Waals surface area contributed by atoms with Crippen molar-refractivity contribution in [1.82, 2.24) is 29.1 Å². The molecule has 0 aliphatic rings. The zero-order valence-corrected chi connectivity index (χ0v) is 29.0. The maximum absolute atomic E-state index is 5.37. The predicted molar refractivity (Wildman–Crippen MR) is 220 cm³/mol. The molecule has 0 atom stereocenters. The third-order valence-electron chi connectivity index (χ3n) is 10.4. The molecule has 252 valence electrons. The van der Waals surface area contributed by atoms with E-state index < -0.39 is 0 Å². The SMILES string of the molecule is c1ccc(-c2cccc(-c3nc(-c4ccccc4)nc(-n4c5ccccc5c5c6cccnc6c6c7ccccc7n(-c7ccccc7)c6c54)n3)c2)cc1. The second-order valence-corrected chi connectivity index (χ2v) is 13.5. The predicted octanol–water partition coefficient (Wildman–Crippen LogP) is 11.6. The first-order chi connectivity index (χ1) is 26.8. The van der Waals surface area contributed by atoms with Crippen LogP contribution in [-0.2, 0) is 0 Å². The zero-order chi connectivity index (χ0) is 35.6. The van der Waals surface area contributed by atoms with Crippen LogP contribution in [0.4, 0.5) is 0 Å². The molecule has 6 heteroatoms. The summed E-state index contributed by atoms with van der Waals surface area (Å²) >= 11 is 0. The molecule has 0 amide bonds. The maximum atomic E-state index is 5.37. The highest BCUT2D eigenvalue weighted by atomic mass is 15.2. The maximum Gasteiger partial charge on any atom is 0.238 e. The summed E-state index contributed by atoms with van der Waals surface area (Å²) < 4.78 is 4.62. The molecule has 0 N–H and O–H groups in total. The number of rotatable bonds is 5. The van der Waals surface area contributed by atoms with Gasteiger partial charge in [0.25, 0.3) is 0 Å². The largest absolute Gasteiger partial charge is 0.307 e. The van der Waals surface area contributed by atoms with Gasteiger partial charge in [-0.25, -0.2) is 4.98 Å². The fourth-order valence-electron chi connectivity index (χ4n) is 8.08. The minimum atomic E-state index is 0.546. The summed E-state index contributed by atoms with van der Waals surface area (Å²) in [7, 11) is 0. The third kappa shape index (κ3) is 4.60. The van der Waals surface area contributed by atoms with E-state index in [1.165, 1.54) is 0 Å². The molecular weight excluding hydrogens is 661 g/mol. The first kappa shape index (κ1) is 30.2. The number of nitrogens with zero attached hydrogens (tertiary/aromatic N) is 6. The lowest BCUT2D eigenvalue weighted by Crippen LogP contribution is -2.07. The van der Waals surface area contributed by atoms with Crippen molar-refractivity contribution in [3.05, 3.63) is 182 Å². The Morgan fingerprint density at radius 3 is 1.65 bits per heavy atom. The fourth-order valence-corrected chi connectivity index (χ4v) is 8.08. The normalized spacial score (nSPS) is 11.7. The van der Waals surface area contributed by atoms with Crippen LogP contribution in [0.5, 0.6) is 0 Å². The molecule has 54 heavy (non-hydrogen) atoms. The number of fused-ring (bicyclic) bond motifs is 10. The Bertz CT molecular complexity index is 3200. The van der Waals surface area contributed by atoms with Gasteiger partial charge < -0.3 is 4.57 Å². The Balaban J connectivity index is 1.32. The molecule has 6 nitrogen and oxygen atoms in total. The van der Waals surface area contributed by atoms with Crippen LogP contribution < -0.4 is 0 Å². The van der Waals surface area contributed by atoms with Crippen molar-refractivity contribution in [3.8, 4) is 45.5 Å². The van der Waals surface area contributed by atoms with E-state index in [-0.39, 0.29) is 0 Å². The number of hydrogen-bond acceptors (Lipinski definition) is 4. The number of para-hydroxylation sites is 3. The molecule has 0 radical (unpaired) electrons. The number of benzene rings is 7. The Hall–Kier alpha value is -7.44. The van der Waals surface area contributed by atoms with Crippen molar-refractivity contribution >= 4 is 54.5 Å². The van der Waals surface area contributed by atoms with Crippen molar-refractivity contribution in [1.29, 1.82) is 0 Å². The molecule has 11 aromatic rings. The molecule has 4 heterocycles. The van der Waals surface area contributed by atoms with Crippen molar-refractivity contribution in [2.24, 2.45) is 0 Å². The highest BCUT2D eigenvalue weighted by Gasteiger charge is 2.26. The second kappa shape index (κ2) is 12.1. The second-order valence-electron chi connectivity index (χ2n) is 13.5. The topological polar surface area (TPSA) is 61.4 Å². The summed E-state index contributed by atoms with van der Waals surface area (Å²) in [5, 5.41) is 5.52.